The van der Waals surface area contributed by atoms with Crippen LogP contribution in [0.1, 0.15) is 106 Å². The number of hydrogen-bond acceptors (Lipinski definition) is 5. The third-order valence-corrected chi connectivity index (χ3v) is 10.5. The molecular weight excluding hydrogens is 432 g/mol. The fourth-order valence-corrected chi connectivity index (χ4v) is 9.05. The van der Waals surface area contributed by atoms with Crippen LogP contribution in [0.4, 0.5) is 0 Å². The minimum atomic E-state index is -1.16. The van der Waals surface area contributed by atoms with Crippen LogP contribution >= 0.6 is 0 Å². The van der Waals surface area contributed by atoms with Gasteiger partial charge in [-0.3, -0.25) is 14.4 Å². The van der Waals surface area contributed by atoms with Crippen molar-refractivity contribution in [2.45, 2.75) is 118 Å². The number of esters is 2. The van der Waals surface area contributed by atoms with Crippen LogP contribution in [-0.2, 0) is 23.9 Å². The molecule has 1 N–H and O–H groups in total. The Kier molecular flexibility index (Phi) is 6.39. The highest BCUT2D eigenvalue weighted by atomic mass is 16.6. The van der Waals surface area contributed by atoms with Gasteiger partial charge in [-0.2, -0.15) is 0 Å². The van der Waals surface area contributed by atoms with Crippen molar-refractivity contribution in [3.05, 3.63) is 0 Å². The summed E-state index contributed by atoms with van der Waals surface area (Å²) in [7, 11) is 0. The molecule has 7 atom stereocenters. The molecule has 4 aliphatic rings. The van der Waals surface area contributed by atoms with Crippen molar-refractivity contribution in [3.63, 3.8) is 0 Å². The molecule has 0 aromatic carbocycles. The minimum Gasteiger partial charge on any atom is -0.481 e. The number of aliphatic carboxylic acids is 1. The summed E-state index contributed by atoms with van der Waals surface area (Å²) in [5, 5.41) is 9.15. The van der Waals surface area contributed by atoms with Crippen LogP contribution in [0.25, 0.3) is 0 Å². The lowest BCUT2D eigenvalue weighted by Crippen LogP contribution is -2.64. The summed E-state index contributed by atoms with van der Waals surface area (Å²) in [6.45, 7) is 13.5. The molecule has 4 fully saturated rings. The van der Waals surface area contributed by atoms with E-state index in [-0.39, 0.29) is 51.7 Å². The van der Waals surface area contributed by atoms with Crippen LogP contribution in [0.5, 0.6) is 0 Å². The summed E-state index contributed by atoms with van der Waals surface area (Å²) in [5.41, 5.74) is 0.242. The Morgan fingerprint density at radius 3 is 2.29 bits per heavy atom. The number of hydrogen-bond donors (Lipinski definition) is 1. The third kappa shape index (κ3) is 4.07. The van der Waals surface area contributed by atoms with Gasteiger partial charge in [0.05, 0.1) is 0 Å². The van der Waals surface area contributed by atoms with Gasteiger partial charge in [0.1, 0.15) is 18.6 Å². The first-order valence-electron chi connectivity index (χ1n) is 13.3. The van der Waals surface area contributed by atoms with Crippen molar-refractivity contribution in [2.75, 3.05) is 0 Å². The first kappa shape index (κ1) is 25.5. The van der Waals surface area contributed by atoms with Gasteiger partial charge in [0.15, 0.2) is 0 Å². The molecule has 2 bridgehead atoms. The Balaban J connectivity index is 1.70. The molecule has 0 aliphatic heterocycles. The summed E-state index contributed by atoms with van der Waals surface area (Å²) < 4.78 is 12.1. The van der Waals surface area contributed by atoms with Crippen molar-refractivity contribution >= 4 is 17.9 Å². The highest BCUT2D eigenvalue weighted by Crippen LogP contribution is 2.76. The molecule has 1 spiro atoms. The average Bonchev–Trinajstić information content (AvgIpc) is 2.99. The standard InChI is InChI=1S/C28H44O6/c1-17(2)12-23(31)34-21-13-18-19(33-24(32)15-22(29)30)14-20-25(3,4)8-7-9-27(20,6)28(18)11-10-26(21,5)16-28/h17-21H,7-16H2,1-6H3,(H,29,30). The van der Waals surface area contributed by atoms with Gasteiger partial charge in [0.2, 0.25) is 0 Å². The lowest BCUT2D eigenvalue weighted by atomic mass is 9.37. The molecule has 0 aromatic heterocycles. The maximum absolute atomic E-state index is 12.7. The smallest absolute Gasteiger partial charge is 0.317 e. The van der Waals surface area contributed by atoms with E-state index in [1.54, 1.807) is 0 Å². The fourth-order valence-electron chi connectivity index (χ4n) is 9.05. The summed E-state index contributed by atoms with van der Waals surface area (Å²) in [4.78, 5) is 36.4. The number of ether oxygens (including phenoxy) is 2. The first-order chi connectivity index (χ1) is 15.7. The van der Waals surface area contributed by atoms with E-state index in [1.165, 1.54) is 12.8 Å². The average molecular weight is 477 g/mol. The second-order valence-electron chi connectivity index (χ2n) is 13.6. The molecular formula is C28H44O6. The summed E-state index contributed by atoms with van der Waals surface area (Å²) in [6, 6.07) is 0. The molecule has 7 unspecified atom stereocenters. The number of rotatable bonds is 6. The van der Waals surface area contributed by atoms with E-state index in [9.17, 15) is 14.4 Å². The van der Waals surface area contributed by atoms with Crippen molar-refractivity contribution < 1.29 is 29.0 Å². The zero-order valence-electron chi connectivity index (χ0n) is 21.9. The van der Waals surface area contributed by atoms with Crippen LogP contribution in [0.2, 0.25) is 0 Å². The normalized spacial score (nSPS) is 42.4. The Labute approximate surface area is 204 Å². The van der Waals surface area contributed by atoms with Crippen molar-refractivity contribution in [1.82, 2.24) is 0 Å². The summed E-state index contributed by atoms with van der Waals surface area (Å²) in [5.74, 6) is -1.20. The second-order valence-corrected chi connectivity index (χ2v) is 13.6. The summed E-state index contributed by atoms with van der Waals surface area (Å²) in [6.07, 6.45) is 7.38. The van der Waals surface area contributed by atoms with Gasteiger partial charge in [-0.05, 0) is 73.0 Å². The van der Waals surface area contributed by atoms with Crippen LogP contribution in [0.15, 0.2) is 0 Å². The van der Waals surface area contributed by atoms with E-state index in [1.807, 2.05) is 13.8 Å². The predicted molar refractivity (Wildman–Crippen MR) is 128 cm³/mol. The van der Waals surface area contributed by atoms with E-state index in [4.69, 9.17) is 14.6 Å². The van der Waals surface area contributed by atoms with E-state index < -0.39 is 18.4 Å². The molecule has 0 saturated heterocycles. The molecule has 4 rings (SSSR count). The first-order valence-corrected chi connectivity index (χ1v) is 13.3. The topological polar surface area (TPSA) is 89.9 Å². The maximum Gasteiger partial charge on any atom is 0.317 e. The molecule has 0 amide bonds. The van der Waals surface area contributed by atoms with Gasteiger partial charge in [0, 0.05) is 17.8 Å². The number of carbonyl (C=O) groups excluding carboxylic acids is 2. The number of carboxylic acids is 1. The lowest BCUT2D eigenvalue weighted by molar-refractivity contribution is -0.235. The van der Waals surface area contributed by atoms with Crippen molar-refractivity contribution in [3.8, 4) is 0 Å². The highest BCUT2D eigenvalue weighted by molar-refractivity contribution is 5.90. The largest absolute Gasteiger partial charge is 0.481 e. The summed E-state index contributed by atoms with van der Waals surface area (Å²) >= 11 is 0. The third-order valence-electron chi connectivity index (χ3n) is 10.5. The van der Waals surface area contributed by atoms with Gasteiger partial charge in [-0.15, -0.1) is 0 Å². The van der Waals surface area contributed by atoms with Crippen LogP contribution < -0.4 is 0 Å². The highest BCUT2D eigenvalue weighted by Gasteiger charge is 2.72. The van der Waals surface area contributed by atoms with E-state index in [0.717, 1.165) is 32.1 Å². The molecule has 0 heterocycles. The van der Waals surface area contributed by atoms with Gasteiger partial charge >= 0.3 is 17.9 Å². The number of fused-ring (bicyclic) bond motifs is 2. The molecule has 0 aromatic rings. The van der Waals surface area contributed by atoms with Gasteiger partial charge in [-0.1, -0.05) is 48.0 Å². The lowest BCUT2D eigenvalue weighted by Gasteiger charge is -2.68. The molecule has 6 nitrogen and oxygen atoms in total. The zero-order valence-corrected chi connectivity index (χ0v) is 21.9. The Morgan fingerprint density at radius 1 is 0.941 bits per heavy atom. The molecule has 0 radical (unpaired) electrons. The Hall–Kier alpha value is -1.59. The SMILES string of the molecule is CC(C)CC(=O)OC1CC2C(OC(=O)CC(=O)O)CC3C(C)(C)CCCC3(C)C23CCC1(C)C3. The van der Waals surface area contributed by atoms with Crippen LogP contribution in [0.3, 0.4) is 0 Å². The maximum atomic E-state index is 12.7. The molecule has 6 heteroatoms. The van der Waals surface area contributed by atoms with Crippen molar-refractivity contribution in [1.29, 1.82) is 0 Å². The van der Waals surface area contributed by atoms with Crippen LogP contribution in [0, 0.1) is 39.4 Å². The van der Waals surface area contributed by atoms with E-state index >= 15 is 0 Å². The quantitative estimate of drug-likeness (QED) is 0.387. The Bertz CT molecular complexity index is 848. The van der Waals surface area contributed by atoms with Crippen LogP contribution in [-0.4, -0.2) is 35.2 Å². The van der Waals surface area contributed by atoms with E-state index in [0.29, 0.717) is 18.8 Å². The molecule has 4 saturated carbocycles. The molecule has 4 aliphatic carbocycles. The van der Waals surface area contributed by atoms with Crippen molar-refractivity contribution in [2.24, 2.45) is 39.4 Å². The van der Waals surface area contributed by atoms with Gasteiger partial charge in [0.25, 0.3) is 0 Å². The molecule has 34 heavy (non-hydrogen) atoms. The van der Waals surface area contributed by atoms with Gasteiger partial charge < -0.3 is 14.6 Å². The second kappa shape index (κ2) is 8.51. The minimum absolute atomic E-state index is 0.0253. The zero-order chi connectivity index (χ0) is 25.1. The predicted octanol–water partition coefficient (Wildman–Crippen LogP) is 5.76. The van der Waals surface area contributed by atoms with Gasteiger partial charge in [-0.25, -0.2) is 0 Å². The molecule has 192 valence electrons. The number of carboxylic acid groups (broad SMARTS) is 1. The number of carbonyl (C=O) groups is 3. The Morgan fingerprint density at radius 2 is 1.65 bits per heavy atom. The fraction of sp³-hybridized carbons (Fsp3) is 0.893. The van der Waals surface area contributed by atoms with E-state index in [2.05, 4.69) is 27.7 Å². The monoisotopic (exact) mass is 476 g/mol.